The number of nitrogens with two attached hydrogens (primary N) is 1. The highest BCUT2D eigenvalue weighted by Gasteiger charge is 2.41. The van der Waals surface area contributed by atoms with Gasteiger partial charge in [0.05, 0.1) is 17.9 Å². The number of morpholine rings is 1. The van der Waals surface area contributed by atoms with E-state index in [2.05, 4.69) is 10.6 Å². The summed E-state index contributed by atoms with van der Waals surface area (Å²) in [5.74, 6) is -1.71. The lowest BCUT2D eigenvalue weighted by Crippen LogP contribution is -2.33. The molecule has 0 unspecified atom stereocenters. The highest BCUT2D eigenvalue weighted by molar-refractivity contribution is 6.09. The van der Waals surface area contributed by atoms with Gasteiger partial charge in [-0.3, -0.25) is 4.79 Å². The van der Waals surface area contributed by atoms with Crippen molar-refractivity contribution in [3.05, 3.63) is 41.4 Å². The molecule has 0 saturated carbocycles. The minimum Gasteiger partial charge on any atom is -0.392 e. The number of ether oxygens (including phenoxy) is 1. The van der Waals surface area contributed by atoms with Crippen LogP contribution in [0.25, 0.3) is 0 Å². The van der Waals surface area contributed by atoms with Gasteiger partial charge >= 0.3 is 0 Å². The number of hydrogen-bond donors (Lipinski definition) is 4. The molecule has 1 aromatic carbocycles. The van der Waals surface area contributed by atoms with E-state index >= 15 is 0 Å². The van der Waals surface area contributed by atoms with Gasteiger partial charge in [-0.15, -0.1) is 0 Å². The van der Waals surface area contributed by atoms with Gasteiger partial charge in [-0.25, -0.2) is 4.39 Å². The molecule has 0 aliphatic carbocycles. The number of halogens is 1. The lowest BCUT2D eigenvalue weighted by atomic mass is 10.0. The molecule has 0 radical (unpaired) electrons. The number of carbonyl (C=O) groups excluding carboxylic acids is 1. The molecular weight excluding hydrogens is 323 g/mol. The summed E-state index contributed by atoms with van der Waals surface area (Å²) < 4.78 is 19.9. The van der Waals surface area contributed by atoms with Crippen molar-refractivity contribution in [2.45, 2.75) is 44.4 Å². The second-order valence-corrected chi connectivity index (χ2v) is 6.46. The number of hydrogen-bond acceptors (Lipinski definition) is 5. The molecule has 2 bridgehead atoms. The summed E-state index contributed by atoms with van der Waals surface area (Å²) in [6, 6.07) is 7.59. The molecule has 0 aromatic heterocycles. The zero-order valence-electron chi connectivity index (χ0n) is 14.1. The van der Waals surface area contributed by atoms with Crippen LogP contribution in [-0.2, 0) is 9.53 Å². The highest BCUT2D eigenvalue weighted by Crippen LogP contribution is 2.37. The molecule has 1 amide bonds. The maximum atomic E-state index is 13.9. The fourth-order valence-corrected chi connectivity index (χ4v) is 3.26. The number of anilines is 1. The zero-order chi connectivity index (χ0) is 18.0. The standard InChI is InChI=1S/C18H23FN4O2/c1-2-3-13(20)15(19)16(21)18(24)23-11-6-4-10(5-7-11)17-14-8-12(25-17)9-22-14/h4-7,12,14,17,20,22H,2-3,8-9,21H2,1H3,(H,23,24)/b16-15+,20-13?/t12-,14-,17+/m1/s1. The quantitative estimate of drug-likeness (QED) is 0.469. The van der Waals surface area contributed by atoms with E-state index in [4.69, 9.17) is 15.9 Å². The van der Waals surface area contributed by atoms with Crippen molar-refractivity contribution in [3.63, 3.8) is 0 Å². The van der Waals surface area contributed by atoms with E-state index in [0.717, 1.165) is 18.5 Å². The van der Waals surface area contributed by atoms with Crippen LogP contribution in [0.5, 0.6) is 0 Å². The van der Waals surface area contributed by atoms with Gasteiger partial charge < -0.3 is 26.5 Å². The van der Waals surface area contributed by atoms with Gasteiger partial charge in [-0.2, -0.15) is 0 Å². The molecule has 2 aliphatic heterocycles. The van der Waals surface area contributed by atoms with Gasteiger partial charge in [0.15, 0.2) is 5.83 Å². The topological polar surface area (TPSA) is 100 Å². The number of carbonyl (C=O) groups is 1. The average Bonchev–Trinajstić information content (AvgIpc) is 3.24. The van der Waals surface area contributed by atoms with Crippen molar-refractivity contribution in [2.24, 2.45) is 5.73 Å². The average molecular weight is 346 g/mol. The van der Waals surface area contributed by atoms with E-state index < -0.39 is 17.4 Å². The number of amides is 1. The summed E-state index contributed by atoms with van der Waals surface area (Å²) in [5.41, 5.74) is 6.26. The minimum atomic E-state index is -0.961. The molecular formula is C18H23FN4O2. The normalized spacial score (nSPS) is 25.6. The molecule has 3 rings (SSSR count). The van der Waals surface area contributed by atoms with Crippen LogP contribution in [0, 0.1) is 5.41 Å². The molecule has 2 heterocycles. The predicted octanol–water partition coefficient (Wildman–Crippen LogP) is 2.39. The van der Waals surface area contributed by atoms with Crippen molar-refractivity contribution in [2.75, 3.05) is 11.9 Å². The van der Waals surface area contributed by atoms with E-state index in [1.807, 2.05) is 19.1 Å². The first-order chi connectivity index (χ1) is 12.0. The third-order valence-corrected chi connectivity index (χ3v) is 4.57. The molecule has 0 spiro atoms. The smallest absolute Gasteiger partial charge is 0.274 e. The van der Waals surface area contributed by atoms with E-state index in [-0.39, 0.29) is 24.3 Å². The maximum Gasteiger partial charge on any atom is 0.274 e. The first kappa shape index (κ1) is 17.6. The Morgan fingerprint density at radius 2 is 2.16 bits per heavy atom. The lowest BCUT2D eigenvalue weighted by Gasteiger charge is -2.23. The molecule has 3 atom stereocenters. The Bertz CT molecular complexity index is 702. The summed E-state index contributed by atoms with van der Waals surface area (Å²) in [6.45, 7) is 2.73. The summed E-state index contributed by atoms with van der Waals surface area (Å²) in [7, 11) is 0. The van der Waals surface area contributed by atoms with Crippen molar-refractivity contribution >= 4 is 17.3 Å². The molecule has 1 aromatic rings. The second kappa shape index (κ2) is 7.33. The predicted molar refractivity (Wildman–Crippen MR) is 94.0 cm³/mol. The number of rotatable bonds is 6. The van der Waals surface area contributed by atoms with Crippen LogP contribution in [0.2, 0.25) is 0 Å². The van der Waals surface area contributed by atoms with Crippen LogP contribution in [0.3, 0.4) is 0 Å². The number of benzene rings is 1. The summed E-state index contributed by atoms with van der Waals surface area (Å²) in [4.78, 5) is 12.0. The van der Waals surface area contributed by atoms with Crippen molar-refractivity contribution in [1.82, 2.24) is 5.32 Å². The summed E-state index contributed by atoms with van der Waals surface area (Å²) in [6.07, 6.45) is 2.18. The van der Waals surface area contributed by atoms with Gasteiger partial charge in [0, 0.05) is 18.3 Å². The van der Waals surface area contributed by atoms with Crippen LogP contribution >= 0.6 is 0 Å². The third kappa shape index (κ3) is 3.72. The fourth-order valence-electron chi connectivity index (χ4n) is 3.26. The molecule has 5 N–H and O–H groups in total. The van der Waals surface area contributed by atoms with Gasteiger partial charge in [-0.05, 0) is 30.5 Å². The van der Waals surface area contributed by atoms with Gasteiger partial charge in [0.2, 0.25) is 0 Å². The minimum absolute atomic E-state index is 0.0282. The van der Waals surface area contributed by atoms with Crippen molar-refractivity contribution in [1.29, 1.82) is 5.41 Å². The van der Waals surface area contributed by atoms with Gasteiger partial charge in [0.25, 0.3) is 5.91 Å². The van der Waals surface area contributed by atoms with Crippen molar-refractivity contribution in [3.8, 4) is 0 Å². The maximum absolute atomic E-state index is 13.9. The Morgan fingerprint density at radius 1 is 1.44 bits per heavy atom. The molecule has 2 saturated heterocycles. The van der Waals surface area contributed by atoms with E-state index in [9.17, 15) is 9.18 Å². The van der Waals surface area contributed by atoms with Crippen LogP contribution in [0.1, 0.15) is 37.9 Å². The molecule has 2 fully saturated rings. The van der Waals surface area contributed by atoms with Crippen molar-refractivity contribution < 1.29 is 13.9 Å². The molecule has 7 heteroatoms. The second-order valence-electron chi connectivity index (χ2n) is 6.46. The first-order valence-corrected chi connectivity index (χ1v) is 8.52. The molecule has 6 nitrogen and oxygen atoms in total. The third-order valence-electron chi connectivity index (χ3n) is 4.57. The molecule has 2 aliphatic rings. The van der Waals surface area contributed by atoms with Gasteiger partial charge in [0.1, 0.15) is 5.70 Å². The summed E-state index contributed by atoms with van der Waals surface area (Å²) >= 11 is 0. The van der Waals surface area contributed by atoms with E-state index in [1.165, 1.54) is 0 Å². The Hall–Kier alpha value is -2.25. The van der Waals surface area contributed by atoms with Crippen LogP contribution in [-0.4, -0.2) is 30.3 Å². The van der Waals surface area contributed by atoms with Crippen LogP contribution < -0.4 is 16.4 Å². The van der Waals surface area contributed by atoms with Crippen LogP contribution in [0.4, 0.5) is 10.1 Å². The Kier molecular flexibility index (Phi) is 5.15. The lowest BCUT2D eigenvalue weighted by molar-refractivity contribution is -0.113. The molecule has 134 valence electrons. The number of fused-ring (bicyclic) bond motifs is 2. The Balaban J connectivity index is 1.64. The SMILES string of the molecule is CCCC(=N)/C(F)=C(\N)C(=O)Nc1ccc([C@@H]2O[C@H]3CN[C@@H]2C3)cc1. The highest BCUT2D eigenvalue weighted by atomic mass is 19.1. The number of allylic oxidation sites excluding steroid dienone is 1. The zero-order valence-corrected chi connectivity index (χ0v) is 14.1. The summed E-state index contributed by atoms with van der Waals surface area (Å²) in [5, 5.41) is 13.5. The van der Waals surface area contributed by atoms with Crippen LogP contribution in [0.15, 0.2) is 35.8 Å². The monoisotopic (exact) mass is 346 g/mol. The first-order valence-electron chi connectivity index (χ1n) is 8.52. The Labute approximate surface area is 146 Å². The fraction of sp³-hybridized carbons (Fsp3) is 0.444. The van der Waals surface area contributed by atoms with Gasteiger partial charge in [-0.1, -0.05) is 25.5 Å². The van der Waals surface area contributed by atoms with E-state index in [0.29, 0.717) is 18.2 Å². The Morgan fingerprint density at radius 3 is 2.72 bits per heavy atom. The molecule has 25 heavy (non-hydrogen) atoms. The van der Waals surface area contributed by atoms with E-state index in [1.54, 1.807) is 12.1 Å². The number of nitrogens with one attached hydrogen (secondary N) is 3. The largest absolute Gasteiger partial charge is 0.392 e.